The van der Waals surface area contributed by atoms with Crippen molar-refractivity contribution in [2.75, 3.05) is 14.2 Å². The Morgan fingerprint density at radius 1 is 1.22 bits per heavy atom. The van der Waals surface area contributed by atoms with Crippen molar-refractivity contribution in [3.05, 3.63) is 60.5 Å². The Labute approximate surface area is 135 Å². The van der Waals surface area contributed by atoms with E-state index in [1.165, 1.54) is 0 Å². The van der Waals surface area contributed by atoms with E-state index in [1.54, 1.807) is 19.6 Å². The van der Waals surface area contributed by atoms with Gasteiger partial charge in [0.05, 0.1) is 32.2 Å². The summed E-state index contributed by atoms with van der Waals surface area (Å²) in [4.78, 5) is 6.50. The molecule has 3 aromatic rings. The average molecular weight is 312 g/mol. The van der Waals surface area contributed by atoms with E-state index in [-0.39, 0.29) is 6.04 Å². The number of oxazole rings is 1. The lowest BCUT2D eigenvalue weighted by molar-refractivity contribution is 0.204. The Morgan fingerprint density at radius 2 is 2.00 bits per heavy atom. The molecular weight excluding hydrogens is 292 g/mol. The van der Waals surface area contributed by atoms with Gasteiger partial charge in [-0.3, -0.25) is 4.90 Å². The Hall–Kier alpha value is -2.53. The molecule has 1 unspecified atom stereocenters. The summed E-state index contributed by atoms with van der Waals surface area (Å²) in [6.45, 7) is 2.70. The number of ether oxygens (including phenoxy) is 1. The smallest absolute Gasteiger partial charge is 0.209 e. The molecule has 1 aromatic carbocycles. The van der Waals surface area contributed by atoms with E-state index < -0.39 is 0 Å². The van der Waals surface area contributed by atoms with Crippen LogP contribution in [0, 0.1) is 0 Å². The van der Waals surface area contributed by atoms with Crippen LogP contribution in [0.5, 0.6) is 5.75 Å². The molecule has 0 saturated carbocycles. The Kier molecular flexibility index (Phi) is 4.48. The number of aromatic nitrogens is 1. The first kappa shape index (κ1) is 15.4. The number of hydrogen-bond donors (Lipinski definition) is 0. The summed E-state index contributed by atoms with van der Waals surface area (Å²) in [6, 6.07) is 11.7. The van der Waals surface area contributed by atoms with Crippen LogP contribution < -0.4 is 4.74 Å². The number of methoxy groups -OCH3 is 1. The van der Waals surface area contributed by atoms with E-state index in [4.69, 9.17) is 13.6 Å². The minimum absolute atomic E-state index is 0.154. The number of furan rings is 1. The highest BCUT2D eigenvalue weighted by atomic mass is 16.5. The normalized spacial score (nSPS) is 12.5. The van der Waals surface area contributed by atoms with Crippen LogP contribution in [-0.2, 0) is 6.54 Å². The van der Waals surface area contributed by atoms with E-state index >= 15 is 0 Å². The molecule has 0 amide bonds. The van der Waals surface area contributed by atoms with Crippen molar-refractivity contribution in [2.24, 2.45) is 0 Å². The van der Waals surface area contributed by atoms with E-state index in [0.29, 0.717) is 12.4 Å². The van der Waals surface area contributed by atoms with Crippen LogP contribution >= 0.6 is 0 Å². The summed E-state index contributed by atoms with van der Waals surface area (Å²) >= 11 is 0. The Morgan fingerprint density at radius 3 is 2.65 bits per heavy atom. The molecule has 0 spiro atoms. The zero-order valence-electron chi connectivity index (χ0n) is 13.5. The number of nitrogens with zero attached hydrogens (tertiary/aromatic N) is 2. The van der Waals surface area contributed by atoms with Gasteiger partial charge in [0.1, 0.15) is 11.5 Å². The molecule has 0 aliphatic heterocycles. The molecule has 23 heavy (non-hydrogen) atoms. The molecule has 2 aromatic heterocycles. The molecule has 1 atom stereocenters. The van der Waals surface area contributed by atoms with E-state index in [9.17, 15) is 0 Å². The monoisotopic (exact) mass is 312 g/mol. The highest BCUT2D eigenvalue weighted by molar-refractivity contribution is 5.57. The maximum absolute atomic E-state index is 5.86. The van der Waals surface area contributed by atoms with Gasteiger partial charge in [0.25, 0.3) is 0 Å². The maximum atomic E-state index is 5.86. The lowest BCUT2D eigenvalue weighted by atomic mass is 10.2. The summed E-state index contributed by atoms with van der Waals surface area (Å²) < 4.78 is 16.5. The molecule has 0 N–H and O–H groups in total. The Bertz CT molecular complexity index is 732. The summed E-state index contributed by atoms with van der Waals surface area (Å²) in [5.41, 5.74) is 0.978. The third-order valence-corrected chi connectivity index (χ3v) is 3.93. The Balaban J connectivity index is 1.69. The molecule has 5 nitrogen and oxygen atoms in total. The third kappa shape index (κ3) is 3.46. The zero-order valence-corrected chi connectivity index (χ0v) is 13.5. The average Bonchev–Trinajstić information content (AvgIpc) is 3.26. The summed E-state index contributed by atoms with van der Waals surface area (Å²) in [6.07, 6.45) is 3.44. The number of rotatable bonds is 6. The molecule has 0 aliphatic rings. The van der Waals surface area contributed by atoms with Crippen molar-refractivity contribution < 1.29 is 13.6 Å². The van der Waals surface area contributed by atoms with Gasteiger partial charge in [-0.1, -0.05) is 0 Å². The largest absolute Gasteiger partial charge is 0.497 e. The minimum atomic E-state index is 0.154. The molecule has 0 fully saturated rings. The van der Waals surface area contributed by atoms with Crippen LogP contribution in [0.15, 0.2) is 57.7 Å². The van der Waals surface area contributed by atoms with Crippen LogP contribution in [0.1, 0.15) is 24.6 Å². The predicted molar refractivity (Wildman–Crippen MR) is 87.1 cm³/mol. The van der Waals surface area contributed by atoms with Crippen LogP contribution in [0.2, 0.25) is 0 Å². The SMILES string of the molecule is COc1ccc(-c2cnc(CN(C)C(C)c3ccco3)o2)cc1. The van der Waals surface area contributed by atoms with Crippen LogP contribution in [0.25, 0.3) is 11.3 Å². The molecule has 5 heteroatoms. The fourth-order valence-corrected chi connectivity index (χ4v) is 2.37. The summed E-state index contributed by atoms with van der Waals surface area (Å²) in [5, 5.41) is 0. The minimum Gasteiger partial charge on any atom is -0.497 e. The van der Waals surface area contributed by atoms with Gasteiger partial charge < -0.3 is 13.6 Å². The van der Waals surface area contributed by atoms with Gasteiger partial charge >= 0.3 is 0 Å². The first-order valence-corrected chi connectivity index (χ1v) is 7.50. The standard InChI is InChI=1S/C18H20N2O3/c1-13(16-5-4-10-22-16)20(2)12-18-19-11-17(23-18)14-6-8-15(21-3)9-7-14/h4-11,13H,12H2,1-3H3. The lowest BCUT2D eigenvalue weighted by Gasteiger charge is -2.21. The van der Waals surface area contributed by atoms with Gasteiger partial charge in [0.2, 0.25) is 5.89 Å². The molecule has 120 valence electrons. The number of benzene rings is 1. The van der Waals surface area contributed by atoms with Crippen molar-refractivity contribution >= 4 is 0 Å². The fourth-order valence-electron chi connectivity index (χ4n) is 2.37. The maximum Gasteiger partial charge on any atom is 0.209 e. The third-order valence-electron chi connectivity index (χ3n) is 3.93. The van der Waals surface area contributed by atoms with Crippen LogP contribution in [-0.4, -0.2) is 24.0 Å². The van der Waals surface area contributed by atoms with Gasteiger partial charge in [-0.05, 0) is 50.4 Å². The van der Waals surface area contributed by atoms with Crippen LogP contribution in [0.3, 0.4) is 0 Å². The first-order chi connectivity index (χ1) is 11.2. The van der Waals surface area contributed by atoms with E-state index in [0.717, 1.165) is 22.8 Å². The number of hydrogen-bond acceptors (Lipinski definition) is 5. The molecular formula is C18H20N2O3. The molecule has 0 aliphatic carbocycles. The molecule has 2 heterocycles. The van der Waals surface area contributed by atoms with Crippen molar-refractivity contribution in [3.8, 4) is 17.1 Å². The second-order valence-electron chi connectivity index (χ2n) is 5.45. The summed E-state index contributed by atoms with van der Waals surface area (Å²) in [7, 11) is 3.67. The van der Waals surface area contributed by atoms with Gasteiger partial charge in [-0.15, -0.1) is 0 Å². The van der Waals surface area contributed by atoms with Crippen LogP contribution in [0.4, 0.5) is 0 Å². The van der Waals surface area contributed by atoms with Crippen molar-refractivity contribution in [3.63, 3.8) is 0 Å². The quantitative estimate of drug-likeness (QED) is 0.685. The molecule has 3 rings (SSSR count). The lowest BCUT2D eigenvalue weighted by Crippen LogP contribution is -2.21. The summed E-state index contributed by atoms with van der Waals surface area (Å²) in [5.74, 6) is 3.17. The van der Waals surface area contributed by atoms with Crippen molar-refractivity contribution in [1.82, 2.24) is 9.88 Å². The van der Waals surface area contributed by atoms with Crippen molar-refractivity contribution in [2.45, 2.75) is 19.5 Å². The highest BCUT2D eigenvalue weighted by Gasteiger charge is 2.17. The first-order valence-electron chi connectivity index (χ1n) is 7.50. The topological polar surface area (TPSA) is 51.6 Å². The van der Waals surface area contributed by atoms with Gasteiger partial charge in [-0.25, -0.2) is 4.98 Å². The fraction of sp³-hybridized carbons (Fsp3) is 0.278. The van der Waals surface area contributed by atoms with Gasteiger partial charge in [0, 0.05) is 5.56 Å². The predicted octanol–water partition coefficient (Wildman–Crippen LogP) is 4.14. The second-order valence-corrected chi connectivity index (χ2v) is 5.45. The van der Waals surface area contributed by atoms with E-state index in [2.05, 4.69) is 16.8 Å². The van der Waals surface area contributed by atoms with Gasteiger partial charge in [-0.2, -0.15) is 0 Å². The molecule has 0 bridgehead atoms. The van der Waals surface area contributed by atoms with E-state index in [1.807, 2.05) is 43.4 Å². The highest BCUT2D eigenvalue weighted by Crippen LogP contribution is 2.25. The zero-order chi connectivity index (χ0) is 16.2. The molecule has 0 radical (unpaired) electrons. The van der Waals surface area contributed by atoms with Gasteiger partial charge in [0.15, 0.2) is 5.76 Å². The molecule has 0 saturated heterocycles. The second kappa shape index (κ2) is 6.71. The van der Waals surface area contributed by atoms with Crippen molar-refractivity contribution in [1.29, 1.82) is 0 Å².